The Bertz CT molecular complexity index is 607. The summed E-state index contributed by atoms with van der Waals surface area (Å²) in [6.45, 7) is 0.243. The number of aromatic nitrogens is 1. The molecule has 2 heterocycles. The number of rotatable bonds is 3. The number of nitrogens with zero attached hydrogens (tertiary/aromatic N) is 3. The molecule has 1 N–H and O–H groups in total. The molecule has 1 aromatic rings. The lowest BCUT2D eigenvalue weighted by atomic mass is 10.0. The zero-order valence-corrected chi connectivity index (χ0v) is 11.6. The first-order valence-electron chi connectivity index (χ1n) is 6.26. The predicted octanol–water partition coefficient (Wildman–Crippen LogP) is 1.72. The van der Waals surface area contributed by atoms with Crippen LogP contribution in [0.3, 0.4) is 0 Å². The minimum absolute atomic E-state index is 0.242. The predicted molar refractivity (Wildman–Crippen MR) is 72.2 cm³/mol. The van der Waals surface area contributed by atoms with Crippen LogP contribution in [-0.2, 0) is 4.79 Å². The van der Waals surface area contributed by atoms with Crippen molar-refractivity contribution in [1.82, 2.24) is 9.88 Å². The van der Waals surface area contributed by atoms with E-state index >= 15 is 0 Å². The van der Waals surface area contributed by atoms with Crippen molar-refractivity contribution in [2.24, 2.45) is 0 Å². The maximum Gasteiger partial charge on any atom is 0.326 e. The van der Waals surface area contributed by atoms with Gasteiger partial charge in [0.05, 0.1) is 4.92 Å². The molecule has 1 unspecified atom stereocenters. The molecular weight excluding hydrogens is 302 g/mol. The Hall–Kier alpha value is -2.22. The average Bonchev–Trinajstić information content (AvgIpc) is 2.45. The number of halogens is 1. The van der Waals surface area contributed by atoms with E-state index in [1.165, 1.54) is 12.3 Å². The van der Waals surface area contributed by atoms with Gasteiger partial charge in [-0.15, -0.1) is 0 Å². The Labute approximate surface area is 124 Å². The summed E-state index contributed by atoms with van der Waals surface area (Å²) in [7, 11) is 0. The van der Waals surface area contributed by atoms with Crippen LogP contribution in [0.1, 0.15) is 29.6 Å². The lowest BCUT2D eigenvalue weighted by Crippen LogP contribution is -2.48. The summed E-state index contributed by atoms with van der Waals surface area (Å²) in [6.07, 6.45) is 2.86. The van der Waals surface area contributed by atoms with E-state index in [4.69, 9.17) is 11.6 Å². The number of piperidine rings is 1. The lowest BCUT2D eigenvalue weighted by Gasteiger charge is -2.32. The Balaban J connectivity index is 2.42. The van der Waals surface area contributed by atoms with Gasteiger partial charge in [0.2, 0.25) is 5.15 Å². The molecule has 1 aliphatic rings. The van der Waals surface area contributed by atoms with Gasteiger partial charge in [-0.25, -0.2) is 9.78 Å². The van der Waals surface area contributed by atoms with E-state index in [1.54, 1.807) is 0 Å². The summed E-state index contributed by atoms with van der Waals surface area (Å²) < 4.78 is 0. The average molecular weight is 314 g/mol. The van der Waals surface area contributed by atoms with E-state index in [-0.39, 0.29) is 12.1 Å². The summed E-state index contributed by atoms with van der Waals surface area (Å²) in [4.78, 5) is 38.7. The van der Waals surface area contributed by atoms with Crippen LogP contribution >= 0.6 is 11.6 Å². The van der Waals surface area contributed by atoms with Crippen LogP contribution < -0.4 is 0 Å². The third-order valence-corrected chi connectivity index (χ3v) is 3.62. The Morgan fingerprint density at radius 2 is 2.19 bits per heavy atom. The first-order chi connectivity index (χ1) is 9.93. The molecule has 0 radical (unpaired) electrons. The molecule has 0 aliphatic carbocycles. The van der Waals surface area contributed by atoms with Gasteiger partial charge < -0.3 is 10.0 Å². The number of hydrogen-bond acceptors (Lipinski definition) is 5. The second kappa shape index (κ2) is 6.04. The van der Waals surface area contributed by atoms with Crippen LogP contribution in [0.25, 0.3) is 0 Å². The monoisotopic (exact) mass is 313 g/mol. The number of likely N-dealkylation sites (tertiary alicyclic amines) is 1. The topological polar surface area (TPSA) is 114 Å². The number of nitro groups is 1. The molecule has 1 saturated heterocycles. The molecule has 21 heavy (non-hydrogen) atoms. The van der Waals surface area contributed by atoms with Gasteiger partial charge >= 0.3 is 11.7 Å². The van der Waals surface area contributed by atoms with Crippen LogP contribution in [0.5, 0.6) is 0 Å². The molecule has 1 amide bonds. The van der Waals surface area contributed by atoms with Crippen molar-refractivity contribution in [1.29, 1.82) is 0 Å². The number of aliphatic carboxylic acids is 1. The highest BCUT2D eigenvalue weighted by Gasteiger charge is 2.36. The molecule has 0 saturated carbocycles. The SMILES string of the molecule is O=C(O)C1CCCCN1C(=O)c1ccnc(Cl)c1[N+](=O)[O-]. The van der Waals surface area contributed by atoms with E-state index in [0.717, 1.165) is 4.90 Å². The van der Waals surface area contributed by atoms with Crippen LogP contribution in [0, 0.1) is 10.1 Å². The zero-order chi connectivity index (χ0) is 15.6. The van der Waals surface area contributed by atoms with E-state index in [2.05, 4.69) is 4.98 Å². The quantitative estimate of drug-likeness (QED) is 0.516. The number of carbonyl (C=O) groups excluding carboxylic acids is 1. The minimum atomic E-state index is -1.12. The van der Waals surface area contributed by atoms with Crippen molar-refractivity contribution < 1.29 is 19.6 Å². The molecule has 0 spiro atoms. The fraction of sp³-hybridized carbons (Fsp3) is 0.417. The standard InChI is InChI=1S/C12H12ClN3O5/c13-10-9(16(20)21)7(4-5-14-10)11(17)15-6-2-1-3-8(15)12(18)19/h4-5,8H,1-3,6H2,(H,18,19). The van der Waals surface area contributed by atoms with Gasteiger partial charge in [0.1, 0.15) is 11.6 Å². The highest BCUT2D eigenvalue weighted by molar-refractivity contribution is 6.32. The van der Waals surface area contributed by atoms with Gasteiger partial charge in [0, 0.05) is 12.7 Å². The number of amides is 1. The minimum Gasteiger partial charge on any atom is -0.480 e. The highest BCUT2D eigenvalue weighted by Crippen LogP contribution is 2.29. The van der Waals surface area contributed by atoms with Gasteiger partial charge in [0.25, 0.3) is 5.91 Å². The molecule has 0 bridgehead atoms. The number of pyridine rings is 1. The normalized spacial score (nSPS) is 18.3. The van der Waals surface area contributed by atoms with Crippen molar-refractivity contribution in [3.8, 4) is 0 Å². The van der Waals surface area contributed by atoms with Crippen molar-refractivity contribution in [2.45, 2.75) is 25.3 Å². The summed E-state index contributed by atoms with van der Waals surface area (Å²) in [5.41, 5.74) is -0.841. The van der Waals surface area contributed by atoms with Gasteiger partial charge in [0.15, 0.2) is 0 Å². The maximum atomic E-state index is 12.5. The van der Waals surface area contributed by atoms with E-state index in [0.29, 0.717) is 19.3 Å². The van der Waals surface area contributed by atoms with Crippen LogP contribution in [-0.4, -0.2) is 44.4 Å². The molecule has 9 heteroatoms. The largest absolute Gasteiger partial charge is 0.480 e. The summed E-state index contributed by atoms with van der Waals surface area (Å²) >= 11 is 5.67. The molecule has 1 aromatic heterocycles. The first-order valence-corrected chi connectivity index (χ1v) is 6.64. The van der Waals surface area contributed by atoms with Gasteiger partial charge in [-0.1, -0.05) is 11.6 Å². The number of carboxylic acids is 1. The molecule has 8 nitrogen and oxygen atoms in total. The summed E-state index contributed by atoms with van der Waals surface area (Å²) in [5, 5.41) is 19.8. The van der Waals surface area contributed by atoms with Crippen molar-refractivity contribution in [3.05, 3.63) is 33.1 Å². The fourth-order valence-electron chi connectivity index (χ4n) is 2.36. The Morgan fingerprint density at radius 1 is 1.48 bits per heavy atom. The fourth-order valence-corrected chi connectivity index (χ4v) is 2.59. The second-order valence-corrected chi connectivity index (χ2v) is 4.96. The smallest absolute Gasteiger partial charge is 0.326 e. The van der Waals surface area contributed by atoms with E-state index < -0.39 is 33.7 Å². The molecule has 112 valence electrons. The molecule has 1 atom stereocenters. The molecule has 1 aliphatic heterocycles. The number of carbonyl (C=O) groups is 2. The molecule has 2 rings (SSSR count). The first kappa shape index (κ1) is 15.2. The van der Waals surface area contributed by atoms with E-state index in [1.807, 2.05) is 0 Å². The van der Waals surface area contributed by atoms with Crippen LogP contribution in [0.15, 0.2) is 12.3 Å². The van der Waals surface area contributed by atoms with Crippen molar-refractivity contribution >= 4 is 29.2 Å². The lowest BCUT2D eigenvalue weighted by molar-refractivity contribution is -0.385. The van der Waals surface area contributed by atoms with Gasteiger partial charge in [-0.2, -0.15) is 0 Å². The van der Waals surface area contributed by atoms with Crippen LogP contribution in [0.4, 0.5) is 5.69 Å². The molecular formula is C12H12ClN3O5. The number of hydrogen-bond donors (Lipinski definition) is 1. The second-order valence-electron chi connectivity index (χ2n) is 4.60. The zero-order valence-electron chi connectivity index (χ0n) is 10.9. The maximum absolute atomic E-state index is 12.5. The van der Waals surface area contributed by atoms with Crippen molar-refractivity contribution in [3.63, 3.8) is 0 Å². The Kier molecular flexibility index (Phi) is 4.37. The highest BCUT2D eigenvalue weighted by atomic mass is 35.5. The van der Waals surface area contributed by atoms with Gasteiger partial charge in [-0.3, -0.25) is 14.9 Å². The van der Waals surface area contributed by atoms with E-state index in [9.17, 15) is 24.8 Å². The summed E-state index contributed by atoms with van der Waals surface area (Å²) in [6, 6.07) is 0.206. The third-order valence-electron chi connectivity index (χ3n) is 3.34. The number of carboxylic acid groups (broad SMARTS) is 1. The van der Waals surface area contributed by atoms with Gasteiger partial charge in [-0.05, 0) is 25.3 Å². The van der Waals surface area contributed by atoms with Crippen LogP contribution in [0.2, 0.25) is 5.15 Å². The molecule has 1 fully saturated rings. The molecule has 0 aromatic carbocycles. The third kappa shape index (κ3) is 2.94. The summed E-state index contributed by atoms with van der Waals surface area (Å²) in [5.74, 6) is -1.83. The Morgan fingerprint density at radius 3 is 2.81 bits per heavy atom. The van der Waals surface area contributed by atoms with Crippen molar-refractivity contribution in [2.75, 3.05) is 6.54 Å².